The lowest BCUT2D eigenvalue weighted by atomic mass is 10.2. The molecule has 2 N–H and O–H groups in total. The molecule has 1 aromatic carbocycles. The summed E-state index contributed by atoms with van der Waals surface area (Å²) in [5, 5.41) is 5.15. The van der Waals surface area contributed by atoms with Crippen LogP contribution in [-0.4, -0.2) is 30.9 Å². The fraction of sp³-hybridized carbons (Fsp3) is 0.357. The van der Waals surface area contributed by atoms with Crippen LogP contribution in [0.3, 0.4) is 0 Å². The molecule has 0 bridgehead atoms. The van der Waals surface area contributed by atoms with E-state index in [4.69, 9.17) is 4.74 Å². The van der Waals surface area contributed by atoms with Gasteiger partial charge in [-0.3, -0.25) is 14.4 Å². The number of benzene rings is 1. The van der Waals surface area contributed by atoms with Gasteiger partial charge in [0.05, 0.1) is 6.42 Å². The predicted molar refractivity (Wildman–Crippen MR) is 86.8 cm³/mol. The maximum Gasteiger partial charge on any atom is 0.308 e. The lowest BCUT2D eigenvalue weighted by Crippen LogP contribution is -2.26. The largest absolute Gasteiger partial charge is 0.456 e. The monoisotopic (exact) mass is 404 g/mol. The van der Waals surface area contributed by atoms with Crippen LogP contribution in [0.25, 0.3) is 0 Å². The summed E-state index contributed by atoms with van der Waals surface area (Å²) in [7, 11) is 0. The Balaban J connectivity index is 2.33. The molecule has 0 aliphatic heterocycles. The molecule has 114 valence electrons. The van der Waals surface area contributed by atoms with Crippen LogP contribution in [0.5, 0.6) is 0 Å². The summed E-state index contributed by atoms with van der Waals surface area (Å²) in [6, 6.07) is 5.62. The standard InChI is InChI=1S/C14H17IN2O4/c1-9-7-11(15)3-4-12(9)17-13(19)8-21-14(20)5-6-16-10(2)18/h3-4,7H,5-6,8H2,1-2H3,(H,16,18)(H,17,19). The topological polar surface area (TPSA) is 84.5 Å². The van der Waals surface area contributed by atoms with Crippen molar-refractivity contribution in [2.24, 2.45) is 0 Å². The molecule has 0 atom stereocenters. The number of hydrogen-bond acceptors (Lipinski definition) is 4. The average Bonchev–Trinajstić information content (AvgIpc) is 2.39. The predicted octanol–water partition coefficient (Wildman–Crippen LogP) is 1.61. The Morgan fingerprint density at radius 1 is 1.29 bits per heavy atom. The van der Waals surface area contributed by atoms with Gasteiger partial charge in [-0.05, 0) is 53.3 Å². The number of esters is 1. The molecule has 0 saturated carbocycles. The van der Waals surface area contributed by atoms with Crippen molar-refractivity contribution in [2.45, 2.75) is 20.3 Å². The molecule has 0 radical (unpaired) electrons. The number of hydrogen-bond donors (Lipinski definition) is 2. The molecule has 1 aromatic rings. The van der Waals surface area contributed by atoms with Crippen molar-refractivity contribution in [1.29, 1.82) is 0 Å². The Hall–Kier alpha value is -1.64. The highest BCUT2D eigenvalue weighted by Gasteiger charge is 2.09. The van der Waals surface area contributed by atoms with Crippen molar-refractivity contribution < 1.29 is 19.1 Å². The van der Waals surface area contributed by atoms with E-state index in [1.165, 1.54) is 6.92 Å². The molecule has 0 heterocycles. The molecule has 21 heavy (non-hydrogen) atoms. The van der Waals surface area contributed by atoms with Crippen LogP contribution in [-0.2, 0) is 19.1 Å². The van der Waals surface area contributed by atoms with E-state index in [9.17, 15) is 14.4 Å². The minimum absolute atomic E-state index is 0.0371. The van der Waals surface area contributed by atoms with Gasteiger partial charge in [0.1, 0.15) is 0 Å². The average molecular weight is 404 g/mol. The number of ether oxygens (including phenoxy) is 1. The minimum atomic E-state index is -0.529. The van der Waals surface area contributed by atoms with Gasteiger partial charge >= 0.3 is 5.97 Å². The van der Waals surface area contributed by atoms with Crippen LogP contribution in [0.4, 0.5) is 5.69 Å². The third-order valence-electron chi connectivity index (χ3n) is 2.53. The van der Waals surface area contributed by atoms with Gasteiger partial charge in [0.2, 0.25) is 5.91 Å². The Labute approximate surface area is 136 Å². The zero-order chi connectivity index (χ0) is 15.8. The first kappa shape index (κ1) is 17.4. The van der Waals surface area contributed by atoms with E-state index in [0.29, 0.717) is 5.69 Å². The van der Waals surface area contributed by atoms with Crippen molar-refractivity contribution in [1.82, 2.24) is 5.32 Å². The summed E-state index contributed by atoms with van der Waals surface area (Å²) in [6.07, 6.45) is 0.0371. The van der Waals surface area contributed by atoms with Crippen LogP contribution in [0.1, 0.15) is 18.9 Å². The molecular weight excluding hydrogens is 387 g/mol. The molecule has 0 fully saturated rings. The van der Waals surface area contributed by atoms with Crippen LogP contribution < -0.4 is 10.6 Å². The molecule has 0 unspecified atom stereocenters. The van der Waals surface area contributed by atoms with Crippen LogP contribution in [0.2, 0.25) is 0 Å². The van der Waals surface area contributed by atoms with Crippen LogP contribution in [0, 0.1) is 10.5 Å². The van der Waals surface area contributed by atoms with E-state index in [1.807, 2.05) is 19.1 Å². The second-order valence-electron chi connectivity index (χ2n) is 4.40. The fourth-order valence-corrected chi connectivity index (χ4v) is 2.16. The summed E-state index contributed by atoms with van der Waals surface area (Å²) < 4.78 is 5.89. The Morgan fingerprint density at radius 2 is 2.00 bits per heavy atom. The van der Waals surface area contributed by atoms with E-state index >= 15 is 0 Å². The van der Waals surface area contributed by atoms with Crippen LogP contribution >= 0.6 is 22.6 Å². The molecule has 7 heteroatoms. The molecular formula is C14H17IN2O4. The van der Waals surface area contributed by atoms with E-state index in [0.717, 1.165) is 9.13 Å². The number of anilines is 1. The van der Waals surface area contributed by atoms with Crippen molar-refractivity contribution >= 4 is 46.1 Å². The second kappa shape index (κ2) is 8.60. The van der Waals surface area contributed by atoms with Crippen LogP contribution in [0.15, 0.2) is 18.2 Å². The quantitative estimate of drug-likeness (QED) is 0.558. The molecule has 1 rings (SSSR count). The first-order valence-corrected chi connectivity index (χ1v) is 7.42. The van der Waals surface area contributed by atoms with E-state index < -0.39 is 11.9 Å². The van der Waals surface area contributed by atoms with Gasteiger partial charge in [0, 0.05) is 22.7 Å². The number of aryl methyl sites for hydroxylation is 1. The molecule has 0 aliphatic carbocycles. The lowest BCUT2D eigenvalue weighted by molar-refractivity contribution is -0.147. The number of amides is 2. The molecule has 0 aromatic heterocycles. The summed E-state index contributed by atoms with van der Waals surface area (Å²) in [4.78, 5) is 33.6. The number of nitrogens with one attached hydrogen (secondary N) is 2. The number of carbonyl (C=O) groups excluding carboxylic acids is 3. The van der Waals surface area contributed by atoms with Gasteiger partial charge in [-0.2, -0.15) is 0 Å². The summed E-state index contributed by atoms with van der Waals surface area (Å²) in [5.41, 5.74) is 1.63. The second-order valence-corrected chi connectivity index (χ2v) is 5.65. The van der Waals surface area contributed by atoms with E-state index in [-0.39, 0.29) is 25.5 Å². The first-order valence-electron chi connectivity index (χ1n) is 6.34. The van der Waals surface area contributed by atoms with E-state index in [2.05, 4.69) is 33.2 Å². The summed E-state index contributed by atoms with van der Waals surface area (Å²) in [6.45, 7) is 3.11. The maximum absolute atomic E-state index is 11.7. The Kier molecular flexibility index (Phi) is 7.13. The van der Waals surface area contributed by atoms with Gasteiger partial charge in [0.15, 0.2) is 6.61 Å². The highest BCUT2D eigenvalue weighted by atomic mass is 127. The van der Waals surface area contributed by atoms with Gasteiger partial charge in [-0.1, -0.05) is 0 Å². The number of halogens is 1. The summed E-state index contributed by atoms with van der Waals surface area (Å²) >= 11 is 2.19. The molecule has 0 aliphatic rings. The molecule has 2 amide bonds. The highest BCUT2D eigenvalue weighted by Crippen LogP contribution is 2.17. The first-order chi connectivity index (χ1) is 9.88. The van der Waals surface area contributed by atoms with Gasteiger partial charge in [0.25, 0.3) is 5.91 Å². The zero-order valence-corrected chi connectivity index (χ0v) is 14.0. The van der Waals surface area contributed by atoms with Crippen molar-refractivity contribution in [3.63, 3.8) is 0 Å². The van der Waals surface area contributed by atoms with Gasteiger partial charge in [-0.25, -0.2) is 0 Å². The molecule has 0 spiro atoms. The van der Waals surface area contributed by atoms with Gasteiger partial charge < -0.3 is 15.4 Å². The van der Waals surface area contributed by atoms with E-state index in [1.54, 1.807) is 6.07 Å². The highest BCUT2D eigenvalue weighted by molar-refractivity contribution is 14.1. The summed E-state index contributed by atoms with van der Waals surface area (Å²) in [5.74, 6) is -1.14. The smallest absolute Gasteiger partial charge is 0.308 e. The van der Waals surface area contributed by atoms with Crippen molar-refractivity contribution in [3.8, 4) is 0 Å². The lowest BCUT2D eigenvalue weighted by Gasteiger charge is -2.09. The zero-order valence-electron chi connectivity index (χ0n) is 11.9. The SMILES string of the molecule is CC(=O)NCCC(=O)OCC(=O)Nc1ccc(I)cc1C. The number of rotatable bonds is 6. The third-order valence-corrected chi connectivity index (χ3v) is 3.20. The van der Waals surface area contributed by atoms with Crippen molar-refractivity contribution in [3.05, 3.63) is 27.3 Å². The number of carbonyl (C=O) groups is 3. The van der Waals surface area contributed by atoms with Gasteiger partial charge in [-0.15, -0.1) is 0 Å². The fourth-order valence-electron chi connectivity index (χ4n) is 1.51. The Morgan fingerprint density at radius 3 is 2.62 bits per heavy atom. The van der Waals surface area contributed by atoms with Crippen molar-refractivity contribution in [2.75, 3.05) is 18.5 Å². The molecule has 6 nitrogen and oxygen atoms in total. The minimum Gasteiger partial charge on any atom is -0.456 e. The molecule has 0 saturated heterocycles. The maximum atomic E-state index is 11.7. The normalized spacial score (nSPS) is 9.86. The Bertz CT molecular complexity index is 546. The third kappa shape index (κ3) is 7.07.